The first-order chi connectivity index (χ1) is 28.3. The third-order valence-electron chi connectivity index (χ3n) is 13.3. The fraction of sp³-hybridized carbons (Fsp3) is 0.609. The summed E-state index contributed by atoms with van der Waals surface area (Å²) in [4.78, 5) is 73.1. The van der Waals surface area contributed by atoms with Gasteiger partial charge in [0.05, 0.1) is 34.2 Å². The number of piperazine rings is 1. The Hall–Kier alpha value is -4.40. The predicted octanol–water partition coefficient (Wildman–Crippen LogP) is 5.27. The Balaban J connectivity index is 0.853. The Kier molecular flexibility index (Phi) is 12.5. The van der Waals surface area contributed by atoms with Crippen LogP contribution in [0.2, 0.25) is 0 Å². The Bertz CT molecular complexity index is 2010. The Labute approximate surface area is 360 Å². The van der Waals surface area contributed by atoms with E-state index in [0.29, 0.717) is 24.6 Å². The summed E-state index contributed by atoms with van der Waals surface area (Å²) < 4.78 is 0. The zero-order chi connectivity index (χ0) is 43.1. The number of likely N-dealkylation sites (tertiary alicyclic amines) is 1. The number of anilines is 1. The SMILES string of the molecule is Cc1ncsc1-c1ccc([C@H](C)NC(=O)[C@@H]2CCCN2C(=O)[C@@H](NC(=O)CN2CCN(C3CN(c4ccc(C(=O)NC5C(C)(C)CC5(C)C)cn4)C3)CC2)C(C)(C)C)cc1. The number of nitrogens with zero attached hydrogens (tertiary/aromatic N) is 6. The molecule has 5 heterocycles. The normalized spacial score (nSPS) is 22.1. The van der Waals surface area contributed by atoms with Gasteiger partial charge in [0.15, 0.2) is 0 Å². The summed E-state index contributed by atoms with van der Waals surface area (Å²) in [5.41, 5.74) is 5.14. The lowest BCUT2D eigenvalue weighted by atomic mass is 9.52. The molecule has 1 aliphatic carbocycles. The van der Waals surface area contributed by atoms with Gasteiger partial charge in [-0.05, 0) is 72.6 Å². The third kappa shape index (κ3) is 9.40. The van der Waals surface area contributed by atoms with Crippen molar-refractivity contribution in [2.45, 2.75) is 112 Å². The fourth-order valence-electron chi connectivity index (χ4n) is 10.2. The van der Waals surface area contributed by atoms with Crippen LogP contribution in [0.1, 0.15) is 102 Å². The Morgan fingerprint density at radius 1 is 0.900 bits per heavy atom. The number of nitrogens with one attached hydrogen (secondary N) is 3. The Morgan fingerprint density at radius 2 is 1.58 bits per heavy atom. The van der Waals surface area contributed by atoms with Crippen LogP contribution in [0, 0.1) is 23.2 Å². The molecular weight excluding hydrogens is 775 g/mol. The van der Waals surface area contributed by atoms with Crippen LogP contribution in [0.4, 0.5) is 5.82 Å². The maximum atomic E-state index is 14.2. The quantitative estimate of drug-likeness (QED) is 0.222. The van der Waals surface area contributed by atoms with Crippen LogP contribution in [0.25, 0.3) is 10.4 Å². The molecule has 2 aromatic heterocycles. The molecule has 1 aromatic carbocycles. The molecule has 60 heavy (non-hydrogen) atoms. The van der Waals surface area contributed by atoms with Crippen molar-refractivity contribution >= 4 is 40.8 Å². The van der Waals surface area contributed by atoms with Gasteiger partial charge in [-0.3, -0.25) is 29.0 Å². The van der Waals surface area contributed by atoms with Gasteiger partial charge >= 0.3 is 0 Å². The van der Waals surface area contributed by atoms with E-state index >= 15 is 0 Å². The highest BCUT2D eigenvalue weighted by molar-refractivity contribution is 7.13. The minimum atomic E-state index is -0.764. The molecular formula is C46H65N9O4S. The van der Waals surface area contributed by atoms with E-state index in [0.717, 1.165) is 79.6 Å². The molecule has 13 nitrogen and oxygen atoms in total. The van der Waals surface area contributed by atoms with Gasteiger partial charge < -0.3 is 25.8 Å². The number of hydrogen-bond donors (Lipinski definition) is 3. The number of pyridine rings is 1. The highest BCUT2D eigenvalue weighted by atomic mass is 32.1. The lowest BCUT2D eigenvalue weighted by Gasteiger charge is -2.57. The number of thiazole rings is 1. The van der Waals surface area contributed by atoms with Gasteiger partial charge in [0.1, 0.15) is 17.9 Å². The van der Waals surface area contributed by atoms with Crippen molar-refractivity contribution in [3.05, 3.63) is 64.9 Å². The molecule has 1 saturated carbocycles. The molecule has 3 saturated heterocycles. The van der Waals surface area contributed by atoms with E-state index in [1.807, 2.05) is 64.4 Å². The molecule has 7 rings (SSSR count). The number of carbonyl (C=O) groups excluding carboxylic acids is 4. The van der Waals surface area contributed by atoms with Crippen LogP contribution < -0.4 is 20.9 Å². The summed E-state index contributed by atoms with van der Waals surface area (Å²) in [5, 5.41) is 9.48. The van der Waals surface area contributed by atoms with Crippen molar-refractivity contribution in [3.63, 3.8) is 0 Å². The van der Waals surface area contributed by atoms with Gasteiger partial charge in [-0.2, -0.15) is 0 Å². The highest BCUT2D eigenvalue weighted by Crippen LogP contribution is 2.53. The van der Waals surface area contributed by atoms with Gasteiger partial charge in [-0.15, -0.1) is 11.3 Å². The standard InChI is InChI=1S/C46H65N9O4S/c1-29(31-12-14-32(15-13-31)38-30(2)48-28-60-38)49-41(58)35-11-10-18-55(35)42(59)39(44(3,4)5)50-37(56)26-52-19-21-53(22-20-52)34-24-54(25-34)36-17-16-33(23-47-36)40(57)51-43-45(6,7)27-46(43,8)9/h12-17,23,28-29,34-35,39,43H,10-11,18-22,24-27H2,1-9H3,(H,49,58)(H,50,56)(H,51,57)/t29-,35-,39+/m0/s1. The van der Waals surface area contributed by atoms with Crippen LogP contribution in [-0.4, -0.2) is 125 Å². The van der Waals surface area contributed by atoms with Gasteiger partial charge in [0.25, 0.3) is 5.91 Å². The monoisotopic (exact) mass is 839 g/mol. The summed E-state index contributed by atoms with van der Waals surface area (Å²) >= 11 is 1.61. The van der Waals surface area contributed by atoms with E-state index in [4.69, 9.17) is 0 Å². The zero-order valence-electron chi connectivity index (χ0n) is 37.0. The first-order valence-corrected chi connectivity index (χ1v) is 22.6. The second kappa shape index (κ2) is 17.2. The van der Waals surface area contributed by atoms with E-state index in [1.54, 1.807) is 22.4 Å². The molecule has 0 unspecified atom stereocenters. The molecule has 0 radical (unpaired) electrons. The molecule has 3 N–H and O–H groups in total. The fourth-order valence-corrected chi connectivity index (χ4v) is 11.0. The summed E-state index contributed by atoms with van der Waals surface area (Å²) in [6, 6.07) is 10.9. The van der Waals surface area contributed by atoms with Gasteiger partial charge in [0, 0.05) is 64.1 Å². The second-order valence-electron chi connectivity index (χ2n) is 20.0. The van der Waals surface area contributed by atoms with E-state index in [9.17, 15) is 19.2 Å². The van der Waals surface area contributed by atoms with Crippen molar-refractivity contribution < 1.29 is 19.2 Å². The van der Waals surface area contributed by atoms with Gasteiger partial charge in [-0.25, -0.2) is 9.97 Å². The molecule has 4 fully saturated rings. The third-order valence-corrected chi connectivity index (χ3v) is 14.2. The van der Waals surface area contributed by atoms with Gasteiger partial charge in [0.2, 0.25) is 17.7 Å². The molecule has 3 atom stereocenters. The van der Waals surface area contributed by atoms with E-state index in [-0.39, 0.29) is 53.1 Å². The van der Waals surface area contributed by atoms with Crippen molar-refractivity contribution in [2.75, 3.05) is 57.3 Å². The topological polar surface area (TPSA) is 143 Å². The van der Waals surface area contributed by atoms with E-state index in [2.05, 4.69) is 80.4 Å². The number of benzene rings is 1. The number of aryl methyl sites for hydroxylation is 1. The van der Waals surface area contributed by atoms with Crippen LogP contribution in [0.3, 0.4) is 0 Å². The average Bonchev–Trinajstić information content (AvgIpc) is 3.85. The highest BCUT2D eigenvalue weighted by Gasteiger charge is 2.53. The maximum Gasteiger partial charge on any atom is 0.253 e. The summed E-state index contributed by atoms with van der Waals surface area (Å²) in [5.74, 6) is 0.248. The summed E-state index contributed by atoms with van der Waals surface area (Å²) in [6.45, 7) is 24.3. The minimum absolute atomic E-state index is 0.0692. The van der Waals surface area contributed by atoms with Crippen LogP contribution in [0.15, 0.2) is 48.1 Å². The lowest BCUT2D eigenvalue weighted by molar-refractivity contribution is -0.144. The van der Waals surface area contributed by atoms with Crippen molar-refractivity contribution in [2.24, 2.45) is 16.2 Å². The summed E-state index contributed by atoms with van der Waals surface area (Å²) in [6.07, 6.45) is 4.08. The maximum absolute atomic E-state index is 14.2. The first kappa shape index (κ1) is 43.7. The largest absolute Gasteiger partial charge is 0.353 e. The smallest absolute Gasteiger partial charge is 0.253 e. The van der Waals surface area contributed by atoms with Crippen LogP contribution >= 0.6 is 11.3 Å². The summed E-state index contributed by atoms with van der Waals surface area (Å²) in [7, 11) is 0. The first-order valence-electron chi connectivity index (χ1n) is 21.7. The molecule has 0 bridgehead atoms. The molecule has 14 heteroatoms. The molecule has 3 aromatic rings. The Morgan fingerprint density at radius 3 is 2.17 bits per heavy atom. The molecule has 3 aliphatic heterocycles. The average molecular weight is 840 g/mol. The van der Waals surface area contributed by atoms with Gasteiger partial charge in [-0.1, -0.05) is 72.7 Å². The zero-order valence-corrected chi connectivity index (χ0v) is 37.8. The molecule has 324 valence electrons. The van der Waals surface area contributed by atoms with Crippen molar-refractivity contribution in [3.8, 4) is 10.4 Å². The van der Waals surface area contributed by atoms with Crippen LogP contribution in [-0.2, 0) is 14.4 Å². The van der Waals surface area contributed by atoms with Crippen LogP contribution in [0.5, 0.6) is 0 Å². The second-order valence-corrected chi connectivity index (χ2v) is 20.9. The number of carbonyl (C=O) groups is 4. The minimum Gasteiger partial charge on any atom is -0.353 e. The van der Waals surface area contributed by atoms with E-state index < -0.39 is 17.5 Å². The number of hydrogen-bond acceptors (Lipinski definition) is 10. The molecule has 4 aliphatic rings. The number of amides is 4. The number of aromatic nitrogens is 2. The predicted molar refractivity (Wildman–Crippen MR) is 237 cm³/mol. The van der Waals surface area contributed by atoms with E-state index in [1.165, 1.54) is 0 Å². The molecule has 0 spiro atoms. The molecule has 4 amide bonds. The van der Waals surface area contributed by atoms with Crippen molar-refractivity contribution in [1.82, 2.24) is 40.6 Å². The lowest BCUT2D eigenvalue weighted by Crippen LogP contribution is -2.64. The van der Waals surface area contributed by atoms with Crippen molar-refractivity contribution in [1.29, 1.82) is 0 Å². The number of rotatable bonds is 12.